The monoisotopic (exact) mass is 194 g/mol. The van der Waals surface area contributed by atoms with Crippen LogP contribution < -0.4 is 5.73 Å². The summed E-state index contributed by atoms with van der Waals surface area (Å²) in [5.74, 6) is -0.405. The molecule has 74 valence electrons. The molecule has 0 spiro atoms. The molecule has 0 aliphatic heterocycles. The van der Waals surface area contributed by atoms with Gasteiger partial charge in [0.1, 0.15) is 5.82 Å². The highest BCUT2D eigenvalue weighted by molar-refractivity contribution is 5.81. The van der Waals surface area contributed by atoms with Crippen molar-refractivity contribution < 1.29 is 9.50 Å². The van der Waals surface area contributed by atoms with Crippen LogP contribution in [-0.4, -0.2) is 17.9 Å². The molecule has 0 aliphatic rings. The standard InChI is InChI=1S/C10H11FN2O/c11-9-3-1-2-4-10(9)13-6-8(5-12)7-14/h1-6,14H,7,12H2. The van der Waals surface area contributed by atoms with Crippen LogP contribution in [0.1, 0.15) is 0 Å². The van der Waals surface area contributed by atoms with E-state index in [1.165, 1.54) is 24.5 Å². The predicted octanol–water partition coefficient (Wildman–Crippen LogP) is 1.36. The normalized spacial score (nSPS) is 12.3. The van der Waals surface area contributed by atoms with E-state index in [9.17, 15) is 4.39 Å². The maximum absolute atomic E-state index is 13.0. The Morgan fingerprint density at radius 2 is 2.21 bits per heavy atom. The topological polar surface area (TPSA) is 58.6 Å². The average Bonchev–Trinajstić information content (AvgIpc) is 2.22. The zero-order chi connectivity index (χ0) is 10.4. The zero-order valence-electron chi connectivity index (χ0n) is 7.52. The van der Waals surface area contributed by atoms with E-state index in [1.54, 1.807) is 12.1 Å². The third-order valence-corrected chi connectivity index (χ3v) is 1.62. The molecule has 0 unspecified atom stereocenters. The summed E-state index contributed by atoms with van der Waals surface area (Å²) < 4.78 is 13.0. The van der Waals surface area contributed by atoms with E-state index in [0.717, 1.165) is 0 Å². The Morgan fingerprint density at radius 3 is 2.79 bits per heavy atom. The molecular formula is C10H11FN2O. The van der Waals surface area contributed by atoms with Crippen LogP contribution in [0.4, 0.5) is 10.1 Å². The van der Waals surface area contributed by atoms with Crippen LogP contribution in [0.5, 0.6) is 0 Å². The van der Waals surface area contributed by atoms with Crippen LogP contribution in [0.15, 0.2) is 41.0 Å². The molecule has 0 bridgehead atoms. The van der Waals surface area contributed by atoms with Gasteiger partial charge in [0, 0.05) is 18.0 Å². The van der Waals surface area contributed by atoms with E-state index in [1.807, 2.05) is 0 Å². The predicted molar refractivity (Wildman–Crippen MR) is 53.9 cm³/mol. The summed E-state index contributed by atoms with van der Waals surface area (Å²) in [4.78, 5) is 3.84. The van der Waals surface area contributed by atoms with Gasteiger partial charge < -0.3 is 10.8 Å². The average molecular weight is 194 g/mol. The first-order valence-corrected chi connectivity index (χ1v) is 4.08. The molecule has 0 saturated heterocycles. The molecule has 0 fully saturated rings. The first-order valence-electron chi connectivity index (χ1n) is 4.08. The number of benzene rings is 1. The highest BCUT2D eigenvalue weighted by atomic mass is 19.1. The molecule has 0 atom stereocenters. The van der Waals surface area contributed by atoms with Crippen molar-refractivity contribution >= 4 is 11.9 Å². The quantitative estimate of drug-likeness (QED) is 0.714. The highest BCUT2D eigenvalue weighted by Crippen LogP contribution is 2.15. The number of aliphatic hydroxyl groups is 1. The number of hydrogen-bond donors (Lipinski definition) is 2. The van der Waals surface area contributed by atoms with Crippen LogP contribution in [0.3, 0.4) is 0 Å². The van der Waals surface area contributed by atoms with Crippen molar-refractivity contribution in [3.8, 4) is 0 Å². The van der Waals surface area contributed by atoms with Crippen molar-refractivity contribution in [3.05, 3.63) is 41.9 Å². The Bertz CT molecular complexity index is 361. The van der Waals surface area contributed by atoms with Crippen LogP contribution in [0, 0.1) is 5.82 Å². The van der Waals surface area contributed by atoms with Gasteiger partial charge in [-0.1, -0.05) is 12.1 Å². The van der Waals surface area contributed by atoms with Crippen molar-refractivity contribution in [3.63, 3.8) is 0 Å². The summed E-state index contributed by atoms with van der Waals surface area (Å²) in [6.45, 7) is -0.214. The van der Waals surface area contributed by atoms with E-state index in [0.29, 0.717) is 5.57 Å². The molecule has 3 nitrogen and oxygen atoms in total. The lowest BCUT2D eigenvalue weighted by atomic mass is 10.3. The maximum Gasteiger partial charge on any atom is 0.148 e. The smallest absolute Gasteiger partial charge is 0.148 e. The minimum atomic E-state index is -0.405. The van der Waals surface area contributed by atoms with Crippen molar-refractivity contribution in [2.75, 3.05) is 6.61 Å². The third kappa shape index (κ3) is 2.67. The maximum atomic E-state index is 13.0. The summed E-state index contributed by atoms with van der Waals surface area (Å²) >= 11 is 0. The number of halogens is 1. The van der Waals surface area contributed by atoms with E-state index in [4.69, 9.17) is 10.8 Å². The lowest BCUT2D eigenvalue weighted by Crippen LogP contribution is -1.95. The van der Waals surface area contributed by atoms with Gasteiger partial charge in [0.15, 0.2) is 0 Å². The summed E-state index contributed by atoms with van der Waals surface area (Å²) in [5, 5.41) is 8.74. The van der Waals surface area contributed by atoms with Gasteiger partial charge in [-0.15, -0.1) is 0 Å². The van der Waals surface area contributed by atoms with E-state index >= 15 is 0 Å². The second-order valence-electron chi connectivity index (χ2n) is 2.61. The number of para-hydroxylation sites is 1. The molecular weight excluding hydrogens is 183 g/mol. The van der Waals surface area contributed by atoms with Gasteiger partial charge in [-0.05, 0) is 12.1 Å². The largest absolute Gasteiger partial charge is 0.404 e. The Kier molecular flexibility index (Phi) is 3.82. The van der Waals surface area contributed by atoms with Gasteiger partial charge in [-0.3, -0.25) is 4.99 Å². The van der Waals surface area contributed by atoms with E-state index in [-0.39, 0.29) is 12.3 Å². The molecule has 0 heterocycles. The first-order chi connectivity index (χ1) is 6.77. The van der Waals surface area contributed by atoms with Gasteiger partial charge in [0.05, 0.1) is 12.3 Å². The molecule has 0 aliphatic carbocycles. The highest BCUT2D eigenvalue weighted by Gasteiger charge is 1.96. The number of nitrogens with two attached hydrogens (primary N) is 1. The Hall–Kier alpha value is -1.68. The fraction of sp³-hybridized carbons (Fsp3) is 0.100. The Balaban J connectivity index is 2.83. The fourth-order valence-electron chi connectivity index (χ4n) is 0.845. The van der Waals surface area contributed by atoms with Crippen molar-refractivity contribution in [1.82, 2.24) is 0 Å². The molecule has 0 radical (unpaired) electrons. The molecule has 4 heteroatoms. The Morgan fingerprint density at radius 1 is 1.50 bits per heavy atom. The molecule has 1 aromatic rings. The van der Waals surface area contributed by atoms with Crippen molar-refractivity contribution in [1.29, 1.82) is 0 Å². The molecule has 0 amide bonds. The second kappa shape index (κ2) is 5.14. The van der Waals surface area contributed by atoms with Crippen LogP contribution in [-0.2, 0) is 0 Å². The number of aliphatic imine (C=N–C) groups is 1. The van der Waals surface area contributed by atoms with Gasteiger partial charge in [-0.25, -0.2) is 4.39 Å². The fourth-order valence-corrected chi connectivity index (χ4v) is 0.845. The zero-order valence-corrected chi connectivity index (χ0v) is 7.52. The van der Waals surface area contributed by atoms with E-state index in [2.05, 4.69) is 4.99 Å². The lowest BCUT2D eigenvalue weighted by molar-refractivity contribution is 0.337. The Labute approximate surface area is 81.4 Å². The number of hydrogen-bond acceptors (Lipinski definition) is 3. The SMILES string of the molecule is NC=C(C=Nc1ccccc1F)CO. The molecule has 14 heavy (non-hydrogen) atoms. The number of aliphatic hydroxyl groups excluding tert-OH is 1. The van der Waals surface area contributed by atoms with Crippen molar-refractivity contribution in [2.45, 2.75) is 0 Å². The lowest BCUT2D eigenvalue weighted by Gasteiger charge is -1.96. The molecule has 1 aromatic carbocycles. The summed E-state index contributed by atoms with van der Waals surface area (Å²) in [6, 6.07) is 6.12. The number of nitrogens with zero attached hydrogens (tertiary/aromatic N) is 1. The van der Waals surface area contributed by atoms with Gasteiger partial charge >= 0.3 is 0 Å². The molecule has 3 N–H and O–H groups in total. The van der Waals surface area contributed by atoms with Crippen LogP contribution in [0.25, 0.3) is 0 Å². The summed E-state index contributed by atoms with van der Waals surface area (Å²) in [5.41, 5.74) is 5.84. The molecule has 0 saturated carbocycles. The van der Waals surface area contributed by atoms with Gasteiger partial charge in [0.25, 0.3) is 0 Å². The minimum Gasteiger partial charge on any atom is -0.404 e. The summed E-state index contributed by atoms with van der Waals surface area (Å²) in [6.07, 6.45) is 2.56. The van der Waals surface area contributed by atoms with Crippen LogP contribution in [0.2, 0.25) is 0 Å². The molecule has 0 aromatic heterocycles. The van der Waals surface area contributed by atoms with Gasteiger partial charge in [-0.2, -0.15) is 0 Å². The minimum absolute atomic E-state index is 0.214. The second-order valence-corrected chi connectivity index (χ2v) is 2.61. The number of rotatable bonds is 3. The first kappa shape index (κ1) is 10.4. The van der Waals surface area contributed by atoms with Crippen molar-refractivity contribution in [2.24, 2.45) is 10.7 Å². The summed E-state index contributed by atoms with van der Waals surface area (Å²) in [7, 11) is 0. The van der Waals surface area contributed by atoms with E-state index < -0.39 is 5.82 Å². The molecule has 1 rings (SSSR count). The van der Waals surface area contributed by atoms with Crippen LogP contribution >= 0.6 is 0 Å². The van der Waals surface area contributed by atoms with Gasteiger partial charge in [0.2, 0.25) is 0 Å². The third-order valence-electron chi connectivity index (χ3n) is 1.62.